The molecule has 4 rings (SSSR count). The fourth-order valence-electron chi connectivity index (χ4n) is 3.26. The average molecular weight is 370 g/mol. The molecule has 0 amide bonds. The monoisotopic (exact) mass is 370 g/mol. The van der Waals surface area contributed by atoms with Gasteiger partial charge in [-0.15, -0.1) is 0 Å². The second-order valence-corrected chi connectivity index (χ2v) is 6.46. The van der Waals surface area contributed by atoms with Crippen LogP contribution in [0.4, 0.5) is 5.82 Å². The number of hydrogen-bond acceptors (Lipinski definition) is 5. The number of aromatic hydroxyl groups is 1. The molecule has 1 N–H and O–H groups in total. The van der Waals surface area contributed by atoms with E-state index in [-0.39, 0.29) is 11.8 Å². The smallest absolute Gasteiger partial charge is 0.230 e. The van der Waals surface area contributed by atoms with Gasteiger partial charge in [0.1, 0.15) is 0 Å². The van der Waals surface area contributed by atoms with Crippen LogP contribution in [0.3, 0.4) is 0 Å². The molecule has 0 spiro atoms. The minimum absolute atomic E-state index is 0.139. The van der Waals surface area contributed by atoms with E-state index in [1.165, 1.54) is 11.5 Å². The van der Waals surface area contributed by atoms with Crippen LogP contribution in [0.15, 0.2) is 72.1 Å². The van der Waals surface area contributed by atoms with E-state index in [9.17, 15) is 9.90 Å². The molecule has 4 aromatic rings. The molecule has 28 heavy (non-hydrogen) atoms. The van der Waals surface area contributed by atoms with Crippen LogP contribution in [-0.2, 0) is 0 Å². The second-order valence-electron chi connectivity index (χ2n) is 6.46. The standard InChI is InChI=1S/C22H18N4O2/c1-14-8-9-17-18(12-14)26(15(2)27)22(28)20(17)21(16-6-4-3-5-7-16)25-19-13-23-10-11-24-19/h3-13,28H,1-2H3. The summed E-state index contributed by atoms with van der Waals surface area (Å²) in [6, 6.07) is 15.2. The van der Waals surface area contributed by atoms with Crippen LogP contribution in [0, 0.1) is 6.92 Å². The fraction of sp³-hybridized carbons (Fsp3) is 0.0909. The molecular weight excluding hydrogens is 352 g/mol. The molecule has 0 bridgehead atoms. The number of aromatic nitrogens is 3. The molecule has 0 saturated heterocycles. The first kappa shape index (κ1) is 17.6. The Balaban J connectivity index is 2.08. The number of nitrogens with zero attached hydrogens (tertiary/aromatic N) is 4. The molecule has 6 nitrogen and oxygen atoms in total. The molecule has 2 aromatic carbocycles. The summed E-state index contributed by atoms with van der Waals surface area (Å²) in [4.78, 5) is 25.2. The van der Waals surface area contributed by atoms with Gasteiger partial charge in [-0.3, -0.25) is 14.3 Å². The molecule has 2 aromatic heterocycles. The van der Waals surface area contributed by atoms with Gasteiger partial charge >= 0.3 is 0 Å². The fourth-order valence-corrected chi connectivity index (χ4v) is 3.26. The zero-order valence-corrected chi connectivity index (χ0v) is 15.5. The largest absolute Gasteiger partial charge is 0.494 e. The SMILES string of the molecule is CC(=O)n1c(O)c(C(=Nc2cnccn2)c2ccccc2)c2ccc(C)cc21. The molecule has 0 aliphatic heterocycles. The molecule has 0 radical (unpaired) electrons. The van der Waals surface area contributed by atoms with Gasteiger partial charge in [0.25, 0.3) is 0 Å². The maximum absolute atomic E-state index is 12.3. The van der Waals surface area contributed by atoms with Crippen LogP contribution in [0.5, 0.6) is 5.88 Å². The van der Waals surface area contributed by atoms with Crippen molar-refractivity contribution in [1.82, 2.24) is 14.5 Å². The zero-order chi connectivity index (χ0) is 19.7. The maximum Gasteiger partial charge on any atom is 0.230 e. The molecule has 0 fully saturated rings. The van der Waals surface area contributed by atoms with Gasteiger partial charge in [-0.25, -0.2) is 9.98 Å². The molecule has 2 heterocycles. The van der Waals surface area contributed by atoms with Crippen LogP contribution in [0.1, 0.15) is 28.4 Å². The van der Waals surface area contributed by atoms with Gasteiger partial charge in [-0.2, -0.15) is 0 Å². The van der Waals surface area contributed by atoms with Crippen molar-refractivity contribution in [3.05, 3.63) is 83.8 Å². The van der Waals surface area contributed by atoms with Crippen molar-refractivity contribution >= 4 is 28.3 Å². The van der Waals surface area contributed by atoms with Crippen LogP contribution in [0.2, 0.25) is 0 Å². The van der Waals surface area contributed by atoms with Crippen molar-refractivity contribution in [3.63, 3.8) is 0 Å². The third-order valence-corrected chi connectivity index (χ3v) is 4.47. The topological polar surface area (TPSA) is 80.4 Å². The quantitative estimate of drug-likeness (QED) is 0.546. The maximum atomic E-state index is 12.3. The van der Waals surface area contributed by atoms with Crippen LogP contribution in [-0.4, -0.2) is 31.3 Å². The first-order chi connectivity index (χ1) is 13.6. The normalized spacial score (nSPS) is 11.7. The number of hydrogen-bond donors (Lipinski definition) is 1. The highest BCUT2D eigenvalue weighted by molar-refractivity contribution is 6.23. The van der Waals surface area contributed by atoms with Gasteiger partial charge in [0.15, 0.2) is 5.82 Å². The Kier molecular flexibility index (Phi) is 4.45. The Morgan fingerprint density at radius 2 is 1.89 bits per heavy atom. The van der Waals surface area contributed by atoms with Gasteiger partial charge in [0.05, 0.1) is 23.0 Å². The van der Waals surface area contributed by atoms with Crippen molar-refractivity contribution < 1.29 is 9.90 Å². The molecular formula is C22H18N4O2. The summed E-state index contributed by atoms with van der Waals surface area (Å²) in [7, 11) is 0. The Bertz CT molecular complexity index is 1200. The lowest BCUT2D eigenvalue weighted by molar-refractivity contribution is 0.0933. The summed E-state index contributed by atoms with van der Waals surface area (Å²) < 4.78 is 1.31. The minimum Gasteiger partial charge on any atom is -0.494 e. The first-order valence-corrected chi connectivity index (χ1v) is 8.81. The highest BCUT2D eigenvalue weighted by atomic mass is 16.3. The van der Waals surface area contributed by atoms with E-state index in [2.05, 4.69) is 15.0 Å². The number of carbonyl (C=O) groups is 1. The number of benzene rings is 2. The second kappa shape index (κ2) is 7.08. The van der Waals surface area contributed by atoms with Crippen molar-refractivity contribution in [2.45, 2.75) is 13.8 Å². The van der Waals surface area contributed by atoms with Crippen LogP contribution >= 0.6 is 0 Å². The molecule has 0 atom stereocenters. The van der Waals surface area contributed by atoms with Gasteiger partial charge in [0.2, 0.25) is 11.8 Å². The predicted molar refractivity (Wildman–Crippen MR) is 108 cm³/mol. The van der Waals surface area contributed by atoms with Crippen LogP contribution in [0.25, 0.3) is 10.9 Å². The lowest BCUT2D eigenvalue weighted by atomic mass is 10.0. The van der Waals surface area contributed by atoms with Gasteiger partial charge < -0.3 is 5.11 Å². The van der Waals surface area contributed by atoms with Crippen molar-refractivity contribution in [3.8, 4) is 5.88 Å². The summed E-state index contributed by atoms with van der Waals surface area (Å²) in [6.07, 6.45) is 4.68. The summed E-state index contributed by atoms with van der Waals surface area (Å²) in [5, 5.41) is 11.7. The number of carbonyl (C=O) groups excluding carboxylic acids is 1. The number of rotatable bonds is 3. The first-order valence-electron chi connectivity index (χ1n) is 8.81. The Morgan fingerprint density at radius 1 is 1.11 bits per heavy atom. The molecule has 138 valence electrons. The lowest BCUT2D eigenvalue weighted by Gasteiger charge is -2.07. The average Bonchev–Trinajstić information content (AvgIpc) is 2.98. The number of aliphatic imine (C=N–C) groups is 1. The third-order valence-electron chi connectivity index (χ3n) is 4.47. The number of aryl methyl sites for hydroxylation is 1. The van der Waals surface area contributed by atoms with E-state index in [4.69, 9.17) is 0 Å². The highest BCUT2D eigenvalue weighted by Crippen LogP contribution is 2.34. The Hall–Kier alpha value is -3.80. The van der Waals surface area contributed by atoms with E-state index in [0.717, 1.165) is 16.5 Å². The van der Waals surface area contributed by atoms with Crippen molar-refractivity contribution in [1.29, 1.82) is 0 Å². The van der Waals surface area contributed by atoms with Crippen molar-refractivity contribution in [2.24, 2.45) is 4.99 Å². The van der Waals surface area contributed by atoms with Gasteiger partial charge in [-0.1, -0.05) is 42.5 Å². The Labute approximate surface area is 161 Å². The third kappa shape index (κ3) is 3.05. The van der Waals surface area contributed by atoms with Gasteiger partial charge in [-0.05, 0) is 18.6 Å². The van der Waals surface area contributed by atoms with E-state index in [1.54, 1.807) is 18.6 Å². The summed E-state index contributed by atoms with van der Waals surface area (Å²) in [5.41, 5.74) is 3.44. The minimum atomic E-state index is -0.272. The summed E-state index contributed by atoms with van der Waals surface area (Å²) in [6.45, 7) is 3.37. The van der Waals surface area contributed by atoms with Crippen LogP contribution < -0.4 is 0 Å². The lowest BCUT2D eigenvalue weighted by Crippen LogP contribution is -2.07. The summed E-state index contributed by atoms with van der Waals surface area (Å²) in [5.74, 6) is 0.00227. The number of fused-ring (bicyclic) bond motifs is 1. The van der Waals surface area contributed by atoms with E-state index in [1.807, 2.05) is 55.5 Å². The molecule has 0 aliphatic rings. The van der Waals surface area contributed by atoms with Gasteiger partial charge in [0, 0.05) is 30.3 Å². The highest BCUT2D eigenvalue weighted by Gasteiger charge is 2.24. The van der Waals surface area contributed by atoms with E-state index in [0.29, 0.717) is 22.6 Å². The van der Waals surface area contributed by atoms with E-state index >= 15 is 0 Å². The zero-order valence-electron chi connectivity index (χ0n) is 15.5. The van der Waals surface area contributed by atoms with Crippen molar-refractivity contribution in [2.75, 3.05) is 0 Å². The Morgan fingerprint density at radius 3 is 2.57 bits per heavy atom. The predicted octanol–water partition coefficient (Wildman–Crippen LogP) is 4.27. The molecule has 0 aliphatic carbocycles. The molecule has 0 unspecified atom stereocenters. The molecule has 6 heteroatoms. The molecule has 0 saturated carbocycles. The summed E-state index contributed by atoms with van der Waals surface area (Å²) >= 11 is 0. The van der Waals surface area contributed by atoms with E-state index < -0.39 is 0 Å².